The number of non-ortho nitro benzene ring substituents is 1. The van der Waals surface area contributed by atoms with Crippen molar-refractivity contribution in [3.05, 3.63) is 119 Å². The molecular weight excluding hydrogens is 436 g/mol. The molecule has 4 heterocycles. The number of nitro benzene ring substituents is 1. The first-order chi connectivity index (χ1) is 16.1. The molecule has 2 unspecified atom stereocenters. The van der Waals surface area contributed by atoms with Gasteiger partial charge in [0.05, 0.1) is 22.7 Å². The second kappa shape index (κ2) is 8.79. The number of hydrogen-bond acceptors (Lipinski definition) is 5. The summed E-state index contributed by atoms with van der Waals surface area (Å²) < 4.78 is 2.04. The summed E-state index contributed by atoms with van der Waals surface area (Å²) in [6, 6.07) is 20.0. The Morgan fingerprint density at radius 2 is 1.79 bits per heavy atom. The summed E-state index contributed by atoms with van der Waals surface area (Å²) in [6.45, 7) is 0.605. The molecule has 1 aliphatic heterocycles. The second-order valence-electron chi connectivity index (χ2n) is 7.69. The molecule has 0 bridgehead atoms. The molecule has 0 aliphatic carbocycles. The van der Waals surface area contributed by atoms with Crippen molar-refractivity contribution in [2.45, 2.75) is 18.6 Å². The Hall–Kier alpha value is -4.11. The minimum Gasteiger partial charge on any atom is -0.352 e. The van der Waals surface area contributed by atoms with Crippen LogP contribution in [0.3, 0.4) is 0 Å². The lowest BCUT2D eigenvalue weighted by molar-refractivity contribution is -0.384. The van der Waals surface area contributed by atoms with Crippen LogP contribution in [-0.4, -0.2) is 29.5 Å². The maximum atomic E-state index is 11.1. The van der Waals surface area contributed by atoms with Crippen molar-refractivity contribution in [1.82, 2.24) is 24.8 Å². The number of thiocarbonyl (C=S) groups is 1. The summed E-state index contributed by atoms with van der Waals surface area (Å²) in [6.07, 6.45) is 7.27. The number of nitrogens with one attached hydrogen (secondary N) is 1. The van der Waals surface area contributed by atoms with Crippen molar-refractivity contribution in [2.75, 3.05) is 0 Å². The first-order valence-electron chi connectivity index (χ1n) is 10.4. The van der Waals surface area contributed by atoms with Crippen molar-refractivity contribution in [1.29, 1.82) is 0 Å². The van der Waals surface area contributed by atoms with E-state index in [1.54, 1.807) is 30.7 Å². The fourth-order valence-electron chi connectivity index (χ4n) is 4.19. The fraction of sp³-hybridized carbons (Fsp3) is 0.125. The van der Waals surface area contributed by atoms with Gasteiger partial charge < -0.3 is 14.8 Å². The highest BCUT2D eigenvalue weighted by Crippen LogP contribution is 2.40. The predicted molar refractivity (Wildman–Crippen MR) is 128 cm³/mol. The number of aromatic nitrogens is 3. The van der Waals surface area contributed by atoms with Gasteiger partial charge in [-0.05, 0) is 66.3 Å². The normalized spacial score (nSPS) is 17.7. The lowest BCUT2D eigenvalue weighted by Crippen LogP contribution is -2.30. The van der Waals surface area contributed by atoms with Crippen molar-refractivity contribution >= 4 is 23.0 Å². The summed E-state index contributed by atoms with van der Waals surface area (Å²) >= 11 is 5.76. The van der Waals surface area contributed by atoms with E-state index in [1.807, 2.05) is 47.2 Å². The van der Waals surface area contributed by atoms with E-state index >= 15 is 0 Å². The van der Waals surface area contributed by atoms with Gasteiger partial charge >= 0.3 is 0 Å². The van der Waals surface area contributed by atoms with Crippen LogP contribution in [0.5, 0.6) is 0 Å². The van der Waals surface area contributed by atoms with Crippen molar-refractivity contribution in [2.24, 2.45) is 0 Å². The molecule has 1 fully saturated rings. The Morgan fingerprint density at radius 3 is 2.48 bits per heavy atom. The Bertz CT molecular complexity index is 1280. The molecule has 0 saturated carbocycles. The van der Waals surface area contributed by atoms with Crippen LogP contribution < -0.4 is 5.32 Å². The minimum absolute atomic E-state index is 0.0573. The second-order valence-corrected chi connectivity index (χ2v) is 8.07. The number of nitrogens with zero attached hydrogens (tertiary/aromatic N) is 5. The monoisotopic (exact) mass is 456 g/mol. The molecule has 5 rings (SSSR count). The molecule has 4 aromatic rings. The zero-order valence-electron chi connectivity index (χ0n) is 17.5. The van der Waals surface area contributed by atoms with Crippen LogP contribution >= 0.6 is 12.2 Å². The quantitative estimate of drug-likeness (QED) is 0.262. The van der Waals surface area contributed by atoms with E-state index in [2.05, 4.69) is 26.3 Å². The fourth-order valence-corrected chi connectivity index (χ4v) is 4.49. The molecule has 164 valence electrons. The minimum atomic E-state index is -0.396. The highest BCUT2D eigenvalue weighted by molar-refractivity contribution is 7.80. The van der Waals surface area contributed by atoms with E-state index in [9.17, 15) is 10.1 Å². The molecule has 8 nitrogen and oxygen atoms in total. The number of rotatable bonds is 6. The number of hydrogen-bond donors (Lipinski definition) is 1. The van der Waals surface area contributed by atoms with E-state index in [0.717, 1.165) is 22.6 Å². The van der Waals surface area contributed by atoms with E-state index in [-0.39, 0.29) is 17.8 Å². The summed E-state index contributed by atoms with van der Waals surface area (Å²) in [4.78, 5) is 21.5. The number of nitro groups is 1. The largest absolute Gasteiger partial charge is 0.352 e. The molecule has 2 atom stereocenters. The van der Waals surface area contributed by atoms with Gasteiger partial charge in [-0.3, -0.25) is 20.1 Å². The van der Waals surface area contributed by atoms with Gasteiger partial charge in [-0.1, -0.05) is 6.07 Å². The third-order valence-electron chi connectivity index (χ3n) is 5.72. The molecule has 1 aromatic carbocycles. The Morgan fingerprint density at radius 1 is 1.00 bits per heavy atom. The lowest BCUT2D eigenvalue weighted by Gasteiger charge is -2.29. The Kier molecular flexibility index (Phi) is 5.54. The molecule has 0 spiro atoms. The van der Waals surface area contributed by atoms with Gasteiger partial charge in [0.25, 0.3) is 5.69 Å². The Labute approximate surface area is 195 Å². The molecule has 0 amide bonds. The highest BCUT2D eigenvalue weighted by atomic mass is 32.1. The summed E-state index contributed by atoms with van der Waals surface area (Å²) in [5.41, 5.74) is 3.87. The molecule has 0 radical (unpaired) electrons. The van der Waals surface area contributed by atoms with Gasteiger partial charge in [-0.15, -0.1) is 0 Å². The molecular formula is C24H20N6O2S. The summed E-state index contributed by atoms with van der Waals surface area (Å²) in [5.74, 6) is 0. The predicted octanol–water partition coefficient (Wildman–Crippen LogP) is 4.35. The SMILES string of the molecule is O=[N+]([O-])c1ccc(-n2cccc2C2C(c3ccccn3)NC(=S)N2Cc2ccncc2)cc1. The van der Waals surface area contributed by atoms with Crippen molar-refractivity contribution < 1.29 is 4.92 Å². The first kappa shape index (κ1) is 20.8. The van der Waals surface area contributed by atoms with Gasteiger partial charge in [-0.25, -0.2) is 0 Å². The van der Waals surface area contributed by atoms with Crippen LogP contribution in [0, 0.1) is 10.1 Å². The maximum absolute atomic E-state index is 11.1. The van der Waals surface area contributed by atoms with Gasteiger partial charge in [0, 0.05) is 54.8 Å². The summed E-state index contributed by atoms with van der Waals surface area (Å²) in [5, 5.41) is 15.2. The van der Waals surface area contributed by atoms with Crippen molar-refractivity contribution in [3.63, 3.8) is 0 Å². The van der Waals surface area contributed by atoms with Crippen LogP contribution in [-0.2, 0) is 6.54 Å². The zero-order valence-corrected chi connectivity index (χ0v) is 18.3. The molecule has 9 heteroatoms. The third-order valence-corrected chi connectivity index (χ3v) is 6.07. The molecule has 3 aromatic heterocycles. The van der Waals surface area contributed by atoms with Crippen LogP contribution in [0.4, 0.5) is 5.69 Å². The lowest BCUT2D eigenvalue weighted by atomic mass is 10.0. The van der Waals surface area contributed by atoms with Crippen LogP contribution in [0.25, 0.3) is 5.69 Å². The third kappa shape index (κ3) is 4.06. The standard InChI is InChI=1S/C24H20N6O2S/c31-30(32)19-8-6-18(7-9-19)28-15-3-5-21(28)23-22(20-4-1-2-12-26-20)27-24(33)29(23)16-17-10-13-25-14-11-17/h1-15,22-23H,16H2,(H,27,33). The van der Waals surface area contributed by atoms with Gasteiger partial charge in [-0.2, -0.15) is 0 Å². The molecule has 1 aliphatic rings. The average Bonchev–Trinajstić information content (AvgIpc) is 3.45. The van der Waals surface area contributed by atoms with E-state index in [0.29, 0.717) is 11.7 Å². The van der Waals surface area contributed by atoms with Crippen molar-refractivity contribution in [3.8, 4) is 5.69 Å². The van der Waals surface area contributed by atoms with E-state index < -0.39 is 4.92 Å². The number of benzene rings is 1. The van der Waals surface area contributed by atoms with Crippen LogP contribution in [0.15, 0.2) is 91.5 Å². The smallest absolute Gasteiger partial charge is 0.269 e. The van der Waals surface area contributed by atoms with E-state index in [1.165, 1.54) is 12.1 Å². The van der Waals surface area contributed by atoms with Crippen LogP contribution in [0.1, 0.15) is 29.0 Å². The Balaban J connectivity index is 1.58. The summed E-state index contributed by atoms with van der Waals surface area (Å²) in [7, 11) is 0. The molecule has 1 saturated heterocycles. The highest BCUT2D eigenvalue weighted by Gasteiger charge is 2.41. The molecule has 1 N–H and O–H groups in total. The van der Waals surface area contributed by atoms with Gasteiger partial charge in [0.1, 0.15) is 0 Å². The van der Waals surface area contributed by atoms with Gasteiger partial charge in [0.2, 0.25) is 0 Å². The zero-order chi connectivity index (χ0) is 22.8. The average molecular weight is 457 g/mol. The van der Waals surface area contributed by atoms with Gasteiger partial charge in [0.15, 0.2) is 5.11 Å². The topological polar surface area (TPSA) is 89.1 Å². The van der Waals surface area contributed by atoms with Crippen LogP contribution in [0.2, 0.25) is 0 Å². The number of pyridine rings is 2. The first-order valence-corrected chi connectivity index (χ1v) is 10.8. The van der Waals surface area contributed by atoms with E-state index in [4.69, 9.17) is 12.2 Å². The molecule has 33 heavy (non-hydrogen) atoms. The maximum Gasteiger partial charge on any atom is 0.269 e.